The molecule has 3 aromatic rings. The molecular formula is C21H21FN4O2. The smallest absolute Gasteiger partial charge is 0.134 e. The van der Waals surface area contributed by atoms with Crippen molar-refractivity contribution in [2.24, 2.45) is 0 Å². The van der Waals surface area contributed by atoms with E-state index in [0.29, 0.717) is 31.2 Å². The molecule has 0 bridgehead atoms. The Hall–Kier alpha value is -3.19. The van der Waals surface area contributed by atoms with Crippen LogP contribution in [0.1, 0.15) is 11.7 Å². The first-order valence-electron chi connectivity index (χ1n) is 9.13. The molecule has 2 aromatic carbocycles. The van der Waals surface area contributed by atoms with Gasteiger partial charge in [0.15, 0.2) is 0 Å². The van der Waals surface area contributed by atoms with E-state index >= 15 is 0 Å². The van der Waals surface area contributed by atoms with Crippen LogP contribution in [0, 0.1) is 5.82 Å². The molecule has 7 heteroatoms. The van der Waals surface area contributed by atoms with Gasteiger partial charge in [-0.05, 0) is 29.8 Å². The number of hydrogen-bond donors (Lipinski definition) is 2. The fraction of sp³-hybridized carbons (Fsp3) is 0.238. The van der Waals surface area contributed by atoms with Gasteiger partial charge < -0.3 is 20.1 Å². The lowest BCUT2D eigenvalue weighted by molar-refractivity contribution is 0.166. The molecule has 1 aliphatic rings. The van der Waals surface area contributed by atoms with Gasteiger partial charge in [-0.1, -0.05) is 30.3 Å². The minimum Gasteiger partial charge on any atom is -0.487 e. The Labute approximate surface area is 162 Å². The summed E-state index contributed by atoms with van der Waals surface area (Å²) in [6, 6.07) is 17.4. The van der Waals surface area contributed by atoms with E-state index in [9.17, 15) is 9.50 Å². The number of anilines is 2. The minimum atomic E-state index is -0.614. The first kappa shape index (κ1) is 18.2. The van der Waals surface area contributed by atoms with E-state index in [1.165, 1.54) is 18.5 Å². The normalized spacial score (nSPS) is 15.0. The Kier molecular flexibility index (Phi) is 5.34. The van der Waals surface area contributed by atoms with E-state index in [1.54, 1.807) is 12.1 Å². The van der Waals surface area contributed by atoms with Crippen molar-refractivity contribution in [1.29, 1.82) is 0 Å². The number of rotatable bonds is 7. The zero-order chi connectivity index (χ0) is 19.3. The number of ether oxygens (including phenoxy) is 1. The molecule has 1 atom stereocenters. The van der Waals surface area contributed by atoms with Crippen molar-refractivity contribution >= 4 is 11.6 Å². The summed E-state index contributed by atoms with van der Waals surface area (Å²) in [5.41, 5.74) is 0.854. The average Bonchev–Trinajstić information content (AvgIpc) is 2.71. The first-order valence-corrected chi connectivity index (χ1v) is 9.13. The van der Waals surface area contributed by atoms with Crippen LogP contribution in [0.25, 0.3) is 0 Å². The summed E-state index contributed by atoms with van der Waals surface area (Å²) in [6.45, 7) is 1.75. The van der Waals surface area contributed by atoms with Crippen LogP contribution in [-0.4, -0.2) is 40.8 Å². The highest BCUT2D eigenvalue weighted by Crippen LogP contribution is 2.24. The Balaban J connectivity index is 1.29. The van der Waals surface area contributed by atoms with Gasteiger partial charge in [0, 0.05) is 12.6 Å². The lowest BCUT2D eigenvalue weighted by atomic mass is 10.1. The lowest BCUT2D eigenvalue weighted by Crippen LogP contribution is -2.54. The predicted octanol–water partition coefficient (Wildman–Crippen LogP) is 3.03. The third kappa shape index (κ3) is 4.37. The Morgan fingerprint density at radius 1 is 1.11 bits per heavy atom. The monoisotopic (exact) mass is 380 g/mol. The van der Waals surface area contributed by atoms with E-state index in [-0.39, 0.29) is 11.9 Å². The van der Waals surface area contributed by atoms with Crippen molar-refractivity contribution in [3.8, 4) is 5.75 Å². The summed E-state index contributed by atoms with van der Waals surface area (Å²) in [6.07, 6.45) is 0.926. The number of benzene rings is 2. The molecular weight excluding hydrogens is 359 g/mol. The van der Waals surface area contributed by atoms with Crippen LogP contribution < -0.4 is 15.0 Å². The van der Waals surface area contributed by atoms with Crippen LogP contribution in [0.2, 0.25) is 0 Å². The zero-order valence-electron chi connectivity index (χ0n) is 15.2. The maximum atomic E-state index is 13.0. The second-order valence-corrected chi connectivity index (χ2v) is 6.67. The summed E-state index contributed by atoms with van der Waals surface area (Å²) in [4.78, 5) is 10.6. The molecule has 2 N–H and O–H groups in total. The Morgan fingerprint density at radius 2 is 1.86 bits per heavy atom. The van der Waals surface area contributed by atoms with Crippen LogP contribution in [0.15, 0.2) is 67.0 Å². The van der Waals surface area contributed by atoms with Gasteiger partial charge in [-0.3, -0.25) is 0 Å². The standard InChI is InChI=1S/C21H21FN4O2/c22-16-6-8-17(9-7-16)28-18-12-26(13-18)21-10-20(24-14-25-21)23-11-19(27)15-4-2-1-3-5-15/h1-10,14,18-19,27H,11-13H2,(H,23,24,25). The van der Waals surface area contributed by atoms with Gasteiger partial charge in [0.1, 0.15) is 35.6 Å². The molecule has 0 spiro atoms. The van der Waals surface area contributed by atoms with Crippen molar-refractivity contribution in [3.05, 3.63) is 78.4 Å². The van der Waals surface area contributed by atoms with E-state index in [1.807, 2.05) is 36.4 Å². The fourth-order valence-electron chi connectivity index (χ4n) is 3.02. The van der Waals surface area contributed by atoms with Crippen molar-refractivity contribution in [1.82, 2.24) is 9.97 Å². The maximum absolute atomic E-state index is 13.0. The third-order valence-corrected chi connectivity index (χ3v) is 4.60. The van der Waals surface area contributed by atoms with Gasteiger partial charge in [-0.25, -0.2) is 14.4 Å². The molecule has 1 saturated heterocycles. The van der Waals surface area contributed by atoms with Crippen molar-refractivity contribution < 1.29 is 14.2 Å². The van der Waals surface area contributed by atoms with E-state index in [2.05, 4.69) is 20.2 Å². The Bertz CT molecular complexity index is 902. The van der Waals surface area contributed by atoms with Crippen LogP contribution in [0.3, 0.4) is 0 Å². The molecule has 144 valence electrons. The second-order valence-electron chi connectivity index (χ2n) is 6.67. The molecule has 0 aliphatic carbocycles. The molecule has 0 radical (unpaired) electrons. The number of hydrogen-bond acceptors (Lipinski definition) is 6. The van der Waals surface area contributed by atoms with Gasteiger partial charge in [-0.15, -0.1) is 0 Å². The zero-order valence-corrected chi connectivity index (χ0v) is 15.2. The molecule has 0 saturated carbocycles. The molecule has 1 unspecified atom stereocenters. The maximum Gasteiger partial charge on any atom is 0.134 e. The van der Waals surface area contributed by atoms with Gasteiger partial charge in [0.2, 0.25) is 0 Å². The molecule has 4 rings (SSSR count). The quantitative estimate of drug-likeness (QED) is 0.657. The van der Waals surface area contributed by atoms with Gasteiger partial charge in [0.25, 0.3) is 0 Å². The first-order chi connectivity index (χ1) is 13.7. The predicted molar refractivity (Wildman–Crippen MR) is 105 cm³/mol. The SMILES string of the molecule is OC(CNc1cc(N2CC(Oc3ccc(F)cc3)C2)ncn1)c1ccccc1. The molecule has 1 aromatic heterocycles. The number of aromatic nitrogens is 2. The van der Waals surface area contributed by atoms with E-state index in [4.69, 9.17) is 4.74 Å². The molecule has 28 heavy (non-hydrogen) atoms. The highest BCUT2D eigenvalue weighted by molar-refractivity contribution is 5.50. The largest absolute Gasteiger partial charge is 0.487 e. The molecule has 6 nitrogen and oxygen atoms in total. The summed E-state index contributed by atoms with van der Waals surface area (Å²) < 4.78 is 18.8. The minimum absolute atomic E-state index is 0.0386. The number of aliphatic hydroxyl groups excluding tert-OH is 1. The topological polar surface area (TPSA) is 70.5 Å². The summed E-state index contributed by atoms with van der Waals surface area (Å²) >= 11 is 0. The molecule has 0 amide bonds. The summed E-state index contributed by atoms with van der Waals surface area (Å²) in [5.74, 6) is 1.83. The number of nitrogens with zero attached hydrogens (tertiary/aromatic N) is 3. The van der Waals surface area contributed by atoms with Crippen molar-refractivity contribution in [2.75, 3.05) is 29.9 Å². The van der Waals surface area contributed by atoms with Gasteiger partial charge in [0.05, 0.1) is 19.2 Å². The van der Waals surface area contributed by atoms with Crippen LogP contribution in [-0.2, 0) is 0 Å². The fourth-order valence-corrected chi connectivity index (χ4v) is 3.02. The van der Waals surface area contributed by atoms with Gasteiger partial charge >= 0.3 is 0 Å². The Morgan fingerprint density at radius 3 is 2.61 bits per heavy atom. The van der Waals surface area contributed by atoms with Gasteiger partial charge in [-0.2, -0.15) is 0 Å². The number of aliphatic hydroxyl groups is 1. The van der Waals surface area contributed by atoms with Crippen LogP contribution in [0.5, 0.6) is 5.75 Å². The molecule has 2 heterocycles. The summed E-state index contributed by atoms with van der Waals surface area (Å²) in [5, 5.41) is 13.4. The molecule has 1 fully saturated rings. The lowest BCUT2D eigenvalue weighted by Gasteiger charge is -2.39. The highest BCUT2D eigenvalue weighted by atomic mass is 19.1. The van der Waals surface area contributed by atoms with Crippen molar-refractivity contribution in [3.63, 3.8) is 0 Å². The summed E-state index contributed by atoms with van der Waals surface area (Å²) in [7, 11) is 0. The second kappa shape index (κ2) is 8.22. The third-order valence-electron chi connectivity index (χ3n) is 4.60. The average molecular weight is 380 g/mol. The van der Waals surface area contributed by atoms with Crippen LogP contribution in [0.4, 0.5) is 16.0 Å². The number of halogens is 1. The number of nitrogens with one attached hydrogen (secondary N) is 1. The molecule has 1 aliphatic heterocycles. The van der Waals surface area contributed by atoms with Crippen LogP contribution >= 0.6 is 0 Å². The highest BCUT2D eigenvalue weighted by Gasteiger charge is 2.29. The van der Waals surface area contributed by atoms with Crippen molar-refractivity contribution in [2.45, 2.75) is 12.2 Å². The van der Waals surface area contributed by atoms with E-state index < -0.39 is 6.10 Å². The van der Waals surface area contributed by atoms with E-state index in [0.717, 1.165) is 11.4 Å².